The third-order valence-electron chi connectivity index (χ3n) is 5.39. The standard InChI is InChI=1S/C23H28N4O3/c1-15-12-27(16(2)14-28)23(29)20-9-19(18-7-5-6-17(8-18)10-24)11-25-22(20)30-21(15)13-26(3)4/h5-9,11,15-16,21,28H,12-14H2,1-4H3/t15-,16+,21+/m0/s1. The van der Waals surface area contributed by atoms with Crippen LogP contribution in [0.4, 0.5) is 0 Å². The topological polar surface area (TPSA) is 89.7 Å². The highest BCUT2D eigenvalue weighted by Crippen LogP contribution is 2.30. The molecule has 0 spiro atoms. The molecular weight excluding hydrogens is 380 g/mol. The molecule has 158 valence electrons. The summed E-state index contributed by atoms with van der Waals surface area (Å²) in [5, 5.41) is 18.9. The second-order valence-electron chi connectivity index (χ2n) is 8.15. The molecule has 0 saturated carbocycles. The van der Waals surface area contributed by atoms with Gasteiger partial charge in [-0.3, -0.25) is 4.79 Å². The van der Waals surface area contributed by atoms with Crippen molar-refractivity contribution in [2.24, 2.45) is 5.92 Å². The number of carbonyl (C=O) groups is 1. The Hall–Kier alpha value is -2.95. The molecule has 1 aromatic carbocycles. The van der Waals surface area contributed by atoms with Gasteiger partial charge in [0.2, 0.25) is 5.88 Å². The smallest absolute Gasteiger partial charge is 0.259 e. The second kappa shape index (κ2) is 9.24. The number of ether oxygens (including phenoxy) is 1. The Kier molecular flexibility index (Phi) is 6.70. The quantitative estimate of drug-likeness (QED) is 0.817. The van der Waals surface area contributed by atoms with Crippen LogP contribution in [0.3, 0.4) is 0 Å². The van der Waals surface area contributed by atoms with Gasteiger partial charge in [0.1, 0.15) is 11.7 Å². The summed E-state index contributed by atoms with van der Waals surface area (Å²) >= 11 is 0. The van der Waals surface area contributed by atoms with Gasteiger partial charge in [-0.05, 0) is 44.8 Å². The van der Waals surface area contributed by atoms with Crippen molar-refractivity contribution in [2.45, 2.75) is 26.0 Å². The van der Waals surface area contributed by atoms with Gasteiger partial charge in [-0.2, -0.15) is 5.26 Å². The van der Waals surface area contributed by atoms with E-state index in [1.807, 2.05) is 38.9 Å². The van der Waals surface area contributed by atoms with Crippen LogP contribution in [0.25, 0.3) is 11.1 Å². The highest BCUT2D eigenvalue weighted by molar-refractivity contribution is 5.98. The number of pyridine rings is 1. The van der Waals surface area contributed by atoms with Crippen molar-refractivity contribution >= 4 is 5.91 Å². The molecular formula is C23H28N4O3. The molecule has 2 heterocycles. The molecule has 30 heavy (non-hydrogen) atoms. The van der Waals surface area contributed by atoms with Crippen molar-refractivity contribution in [3.8, 4) is 23.1 Å². The lowest BCUT2D eigenvalue weighted by Gasteiger charge is -2.37. The minimum Gasteiger partial charge on any atom is -0.472 e. The summed E-state index contributed by atoms with van der Waals surface area (Å²) in [4.78, 5) is 21.6. The van der Waals surface area contributed by atoms with Crippen LogP contribution in [0.1, 0.15) is 29.8 Å². The summed E-state index contributed by atoms with van der Waals surface area (Å²) in [7, 11) is 3.96. The maximum absolute atomic E-state index is 13.4. The molecule has 0 aliphatic carbocycles. The molecule has 0 fully saturated rings. The van der Waals surface area contributed by atoms with Crippen LogP contribution in [0, 0.1) is 17.2 Å². The third-order valence-corrected chi connectivity index (χ3v) is 5.39. The molecule has 1 aliphatic rings. The number of hydrogen-bond acceptors (Lipinski definition) is 6. The van der Waals surface area contributed by atoms with Gasteiger partial charge >= 0.3 is 0 Å². The lowest BCUT2D eigenvalue weighted by molar-refractivity contribution is 0.0348. The van der Waals surface area contributed by atoms with Crippen LogP contribution < -0.4 is 4.74 Å². The van der Waals surface area contributed by atoms with E-state index >= 15 is 0 Å². The first-order chi connectivity index (χ1) is 14.3. The molecule has 0 bridgehead atoms. The molecule has 0 saturated heterocycles. The van der Waals surface area contributed by atoms with E-state index in [2.05, 4.69) is 11.1 Å². The predicted octanol–water partition coefficient (Wildman–Crippen LogP) is 2.40. The Morgan fingerprint density at radius 2 is 2.13 bits per heavy atom. The SMILES string of the molecule is C[C@H](CO)N1C[C@H](C)[C@@H](CN(C)C)Oc2ncc(-c3cccc(C#N)c3)cc2C1=O. The number of nitriles is 1. The van der Waals surface area contributed by atoms with Crippen LogP contribution in [-0.2, 0) is 0 Å². The van der Waals surface area contributed by atoms with Crippen LogP contribution in [0.2, 0.25) is 0 Å². The number of fused-ring (bicyclic) bond motifs is 1. The van der Waals surface area contributed by atoms with Gasteiger partial charge in [0, 0.05) is 30.8 Å². The highest BCUT2D eigenvalue weighted by Gasteiger charge is 2.34. The van der Waals surface area contributed by atoms with Crippen molar-refractivity contribution in [1.29, 1.82) is 5.26 Å². The van der Waals surface area contributed by atoms with E-state index in [0.29, 0.717) is 30.1 Å². The van der Waals surface area contributed by atoms with E-state index in [0.717, 1.165) is 11.1 Å². The van der Waals surface area contributed by atoms with E-state index in [-0.39, 0.29) is 30.6 Å². The molecule has 7 nitrogen and oxygen atoms in total. The Bertz CT molecular complexity index is 954. The molecule has 7 heteroatoms. The average Bonchev–Trinajstić information content (AvgIpc) is 2.75. The summed E-state index contributed by atoms with van der Waals surface area (Å²) in [5.74, 6) is 0.147. The first-order valence-electron chi connectivity index (χ1n) is 10.1. The number of hydrogen-bond donors (Lipinski definition) is 1. The molecule has 3 atom stereocenters. The Morgan fingerprint density at radius 1 is 1.37 bits per heavy atom. The van der Waals surface area contributed by atoms with E-state index < -0.39 is 0 Å². The Balaban J connectivity index is 2.08. The zero-order valence-corrected chi connectivity index (χ0v) is 17.9. The summed E-state index contributed by atoms with van der Waals surface area (Å²) in [6, 6.07) is 10.8. The van der Waals surface area contributed by atoms with E-state index in [4.69, 9.17) is 4.74 Å². The van der Waals surface area contributed by atoms with Crippen LogP contribution in [0.5, 0.6) is 5.88 Å². The first kappa shape index (κ1) is 21.8. The number of likely N-dealkylation sites (N-methyl/N-ethyl adjacent to an activating group) is 1. The molecule has 3 rings (SSSR count). The average molecular weight is 409 g/mol. The van der Waals surface area contributed by atoms with Crippen molar-refractivity contribution < 1.29 is 14.6 Å². The molecule has 1 N–H and O–H groups in total. The van der Waals surface area contributed by atoms with E-state index in [9.17, 15) is 15.2 Å². The molecule has 1 amide bonds. The fourth-order valence-electron chi connectivity index (χ4n) is 3.61. The Morgan fingerprint density at radius 3 is 2.80 bits per heavy atom. The van der Waals surface area contributed by atoms with Gasteiger partial charge in [-0.15, -0.1) is 0 Å². The van der Waals surface area contributed by atoms with Gasteiger partial charge in [0.05, 0.1) is 24.3 Å². The fourth-order valence-corrected chi connectivity index (χ4v) is 3.61. The van der Waals surface area contributed by atoms with Crippen LogP contribution in [-0.4, -0.2) is 71.7 Å². The molecule has 0 radical (unpaired) electrons. The Labute approximate surface area is 177 Å². The van der Waals surface area contributed by atoms with Crippen molar-refractivity contribution in [2.75, 3.05) is 33.8 Å². The number of aromatic nitrogens is 1. The number of carbonyl (C=O) groups excluding carboxylic acids is 1. The first-order valence-corrected chi connectivity index (χ1v) is 10.1. The normalized spacial score (nSPS) is 20.0. The monoisotopic (exact) mass is 408 g/mol. The van der Waals surface area contributed by atoms with Gasteiger partial charge in [0.25, 0.3) is 5.91 Å². The second-order valence-corrected chi connectivity index (χ2v) is 8.15. The molecule has 1 aliphatic heterocycles. The van der Waals surface area contributed by atoms with E-state index in [1.54, 1.807) is 35.4 Å². The van der Waals surface area contributed by atoms with Gasteiger partial charge < -0.3 is 19.6 Å². The third kappa shape index (κ3) is 4.61. The minimum absolute atomic E-state index is 0.0623. The zero-order chi connectivity index (χ0) is 21.8. The summed E-state index contributed by atoms with van der Waals surface area (Å²) in [6.07, 6.45) is 1.52. The fraction of sp³-hybridized carbons (Fsp3) is 0.435. The molecule has 2 aromatic rings. The largest absolute Gasteiger partial charge is 0.472 e. The minimum atomic E-state index is -0.323. The molecule has 1 aromatic heterocycles. The highest BCUT2D eigenvalue weighted by atomic mass is 16.5. The van der Waals surface area contributed by atoms with Gasteiger partial charge in [-0.1, -0.05) is 19.1 Å². The van der Waals surface area contributed by atoms with Crippen molar-refractivity contribution in [3.63, 3.8) is 0 Å². The number of rotatable bonds is 5. The van der Waals surface area contributed by atoms with Crippen molar-refractivity contribution in [1.82, 2.24) is 14.8 Å². The van der Waals surface area contributed by atoms with Crippen molar-refractivity contribution in [3.05, 3.63) is 47.7 Å². The van der Waals surface area contributed by atoms with Crippen LogP contribution in [0.15, 0.2) is 36.5 Å². The van der Waals surface area contributed by atoms with Gasteiger partial charge in [0.15, 0.2) is 0 Å². The summed E-state index contributed by atoms with van der Waals surface area (Å²) in [6.45, 7) is 4.92. The number of amides is 1. The zero-order valence-electron chi connectivity index (χ0n) is 17.9. The molecule has 0 unspecified atom stereocenters. The van der Waals surface area contributed by atoms with E-state index in [1.165, 1.54) is 0 Å². The predicted molar refractivity (Wildman–Crippen MR) is 114 cm³/mol. The number of aliphatic hydroxyl groups is 1. The summed E-state index contributed by atoms with van der Waals surface area (Å²) < 4.78 is 6.21. The lowest BCUT2D eigenvalue weighted by atomic mass is 9.99. The summed E-state index contributed by atoms with van der Waals surface area (Å²) in [5.41, 5.74) is 2.44. The number of aliphatic hydroxyl groups excluding tert-OH is 1. The number of benzene rings is 1. The maximum atomic E-state index is 13.4. The van der Waals surface area contributed by atoms with Crippen LogP contribution >= 0.6 is 0 Å². The lowest BCUT2D eigenvalue weighted by Crippen LogP contribution is -2.49. The maximum Gasteiger partial charge on any atom is 0.259 e. The van der Waals surface area contributed by atoms with Gasteiger partial charge in [-0.25, -0.2) is 4.98 Å². The number of nitrogens with zero attached hydrogens (tertiary/aromatic N) is 4.